The molecule has 2 aliphatic rings. The van der Waals surface area contributed by atoms with Gasteiger partial charge in [-0.1, -0.05) is 24.8 Å². The van der Waals surface area contributed by atoms with E-state index in [9.17, 15) is 19.3 Å². The van der Waals surface area contributed by atoms with Gasteiger partial charge in [0.05, 0.1) is 12.7 Å². The lowest BCUT2D eigenvalue weighted by atomic mass is 10.0. The van der Waals surface area contributed by atoms with Gasteiger partial charge in [-0.2, -0.15) is 5.09 Å². The highest BCUT2D eigenvalue weighted by molar-refractivity contribution is 7.52. The van der Waals surface area contributed by atoms with Crippen molar-refractivity contribution in [1.82, 2.24) is 15.3 Å². The van der Waals surface area contributed by atoms with Crippen molar-refractivity contribution in [2.24, 2.45) is 0 Å². The summed E-state index contributed by atoms with van der Waals surface area (Å²) in [7, 11) is -4.17. The van der Waals surface area contributed by atoms with E-state index in [0.717, 1.165) is 0 Å². The molecular weight excluding hydrogens is 513 g/mol. The average Bonchev–Trinajstić information content (AvgIpc) is 3.01. The number of halogens is 1. The van der Waals surface area contributed by atoms with Crippen molar-refractivity contribution in [3.05, 3.63) is 55.0 Å². The summed E-state index contributed by atoms with van der Waals surface area (Å²) < 4.78 is 36.0. The third-order valence-electron chi connectivity index (χ3n) is 5.37. The minimum absolute atomic E-state index is 0.213. The standard InChI is InChI=1S/C23H31ClN3O8P/c1-14(2)33-21(30)15(3)26-36(31,35-17-9-7-6-8-10-17)32-13-18-20(29)23(5,24)22(34-18)27-12-11-19(28)25-16(27)4/h6-12,14-15,18,20,22,29H,4,13H2,1-3,5H3,(H,25,28)(H,26,31)/t15-,18+,20+,22+,23+,36?/m0/s1. The van der Waals surface area contributed by atoms with Crippen molar-refractivity contribution >= 4 is 31.2 Å². The van der Waals surface area contributed by atoms with Crippen molar-refractivity contribution in [3.8, 4) is 5.75 Å². The summed E-state index contributed by atoms with van der Waals surface area (Å²) in [5, 5.41) is 16.0. The molecule has 0 saturated carbocycles. The first kappa shape index (κ1) is 28.2. The van der Waals surface area contributed by atoms with Crippen LogP contribution in [-0.2, 0) is 28.2 Å². The molecule has 1 unspecified atom stereocenters. The van der Waals surface area contributed by atoms with E-state index in [1.54, 1.807) is 51.1 Å². The minimum Gasteiger partial charge on any atom is -0.462 e. The number of carbonyl (C=O) groups excluding carboxylic acids is 2. The highest BCUT2D eigenvalue weighted by Crippen LogP contribution is 2.47. The first-order chi connectivity index (χ1) is 16.8. The fourth-order valence-corrected chi connectivity index (χ4v) is 5.36. The Kier molecular flexibility index (Phi) is 8.87. The number of hydrogen-bond donors (Lipinski definition) is 3. The summed E-state index contributed by atoms with van der Waals surface area (Å²) in [6.07, 6.45) is -0.907. The molecule has 11 nitrogen and oxygen atoms in total. The number of ether oxygens (including phenoxy) is 2. The molecule has 0 aromatic heterocycles. The van der Waals surface area contributed by atoms with Crippen LogP contribution in [0.1, 0.15) is 27.7 Å². The Morgan fingerprint density at radius 1 is 1.36 bits per heavy atom. The van der Waals surface area contributed by atoms with Crippen LogP contribution in [0.15, 0.2) is 55.0 Å². The number of carbonyl (C=O) groups is 2. The number of hydrogen-bond acceptors (Lipinski definition) is 9. The van der Waals surface area contributed by atoms with Crippen LogP contribution < -0.4 is 14.9 Å². The fourth-order valence-electron chi connectivity index (χ4n) is 3.56. The molecule has 1 saturated heterocycles. The van der Waals surface area contributed by atoms with Crippen molar-refractivity contribution in [2.45, 2.75) is 63.2 Å². The molecule has 1 aromatic carbocycles. The van der Waals surface area contributed by atoms with E-state index in [4.69, 9.17) is 30.1 Å². The van der Waals surface area contributed by atoms with Crippen molar-refractivity contribution in [1.29, 1.82) is 0 Å². The number of rotatable bonds is 10. The van der Waals surface area contributed by atoms with Crippen LogP contribution >= 0.6 is 19.3 Å². The molecule has 0 bridgehead atoms. The molecule has 0 radical (unpaired) electrons. The van der Waals surface area contributed by atoms with E-state index in [1.165, 1.54) is 24.1 Å². The zero-order chi connectivity index (χ0) is 26.7. The summed E-state index contributed by atoms with van der Waals surface area (Å²) in [4.78, 5) is 24.0. The molecule has 6 atom stereocenters. The third-order valence-corrected chi connectivity index (χ3v) is 7.42. The number of nitrogens with zero attached hydrogens (tertiary/aromatic N) is 1. The van der Waals surface area contributed by atoms with Gasteiger partial charge in [-0.05, 0) is 39.8 Å². The molecule has 3 N–H and O–H groups in total. The van der Waals surface area contributed by atoms with Gasteiger partial charge < -0.3 is 29.3 Å². The number of nitrogens with one attached hydrogen (secondary N) is 2. The maximum absolute atomic E-state index is 13.7. The number of alkyl halides is 1. The van der Waals surface area contributed by atoms with E-state index >= 15 is 0 Å². The predicted octanol–water partition coefficient (Wildman–Crippen LogP) is 2.62. The van der Waals surface area contributed by atoms with E-state index in [2.05, 4.69) is 17.0 Å². The molecule has 198 valence electrons. The molecule has 1 amide bonds. The Morgan fingerprint density at radius 3 is 2.64 bits per heavy atom. The number of amides is 1. The second-order valence-electron chi connectivity index (χ2n) is 8.82. The van der Waals surface area contributed by atoms with E-state index in [-0.39, 0.29) is 23.6 Å². The summed E-state index contributed by atoms with van der Waals surface area (Å²) in [6, 6.07) is 7.23. The highest BCUT2D eigenvalue weighted by atomic mass is 35.5. The van der Waals surface area contributed by atoms with Gasteiger partial charge in [0.1, 0.15) is 34.7 Å². The fraction of sp³-hybridized carbons (Fsp3) is 0.478. The van der Waals surface area contributed by atoms with Gasteiger partial charge in [0.25, 0.3) is 5.91 Å². The number of aliphatic hydroxyl groups excluding tert-OH is 1. The first-order valence-corrected chi connectivity index (χ1v) is 13.2. The number of benzene rings is 1. The lowest BCUT2D eigenvalue weighted by Crippen LogP contribution is -2.50. The molecular formula is C23H31ClN3O8P. The van der Waals surface area contributed by atoms with E-state index in [0.29, 0.717) is 0 Å². The largest absolute Gasteiger partial charge is 0.462 e. The molecule has 0 spiro atoms. The molecule has 1 fully saturated rings. The van der Waals surface area contributed by atoms with Gasteiger partial charge >= 0.3 is 13.7 Å². The Morgan fingerprint density at radius 2 is 2.03 bits per heavy atom. The Balaban J connectivity index is 1.76. The average molecular weight is 544 g/mol. The second kappa shape index (κ2) is 11.3. The first-order valence-electron chi connectivity index (χ1n) is 11.3. The van der Waals surface area contributed by atoms with Crippen LogP contribution in [0.4, 0.5) is 0 Å². The smallest absolute Gasteiger partial charge is 0.459 e. The van der Waals surface area contributed by atoms with Crippen molar-refractivity contribution in [2.75, 3.05) is 6.61 Å². The van der Waals surface area contributed by atoms with Crippen LogP contribution in [-0.4, -0.2) is 63.9 Å². The monoisotopic (exact) mass is 543 g/mol. The van der Waals surface area contributed by atoms with E-state index < -0.39 is 49.7 Å². The quantitative estimate of drug-likeness (QED) is 0.229. The lowest BCUT2D eigenvalue weighted by Gasteiger charge is -2.36. The van der Waals surface area contributed by atoms with Crippen LogP contribution in [0.5, 0.6) is 5.75 Å². The number of aliphatic hydroxyl groups is 1. The van der Waals surface area contributed by atoms with E-state index in [1.807, 2.05) is 0 Å². The molecule has 13 heteroatoms. The third kappa shape index (κ3) is 6.67. The molecule has 2 heterocycles. The van der Waals surface area contributed by atoms with Gasteiger partial charge in [0.15, 0.2) is 6.23 Å². The summed E-state index contributed by atoms with van der Waals surface area (Å²) in [5.41, 5.74) is 0. The van der Waals surface area contributed by atoms with Crippen LogP contribution in [0.2, 0.25) is 0 Å². The Bertz CT molecular complexity index is 1050. The Hall–Kier alpha value is -2.40. The summed E-state index contributed by atoms with van der Waals surface area (Å²) in [5.74, 6) is -0.559. The van der Waals surface area contributed by atoms with Gasteiger partial charge in [0.2, 0.25) is 0 Å². The van der Waals surface area contributed by atoms with Gasteiger partial charge in [-0.25, -0.2) is 4.57 Å². The van der Waals surface area contributed by atoms with Crippen LogP contribution in [0.3, 0.4) is 0 Å². The normalized spacial score (nSPS) is 28.5. The van der Waals surface area contributed by atoms with Crippen LogP contribution in [0.25, 0.3) is 0 Å². The zero-order valence-electron chi connectivity index (χ0n) is 20.4. The summed E-state index contributed by atoms with van der Waals surface area (Å²) >= 11 is 6.63. The lowest BCUT2D eigenvalue weighted by molar-refractivity contribution is -0.149. The SMILES string of the molecule is C=C1NC(=O)C=CN1[C@@H]1O[C@H](COP(=O)(N[C@@H](C)C(=O)OC(C)C)Oc2ccccc2)[C@@H](O)[C@@]1(C)Cl. The number of esters is 1. The van der Waals surface area contributed by atoms with Crippen molar-refractivity contribution < 1.29 is 37.8 Å². The van der Waals surface area contributed by atoms with Gasteiger partial charge in [-0.3, -0.25) is 14.1 Å². The summed E-state index contributed by atoms with van der Waals surface area (Å²) in [6.45, 7) is 9.78. The zero-order valence-corrected chi connectivity index (χ0v) is 22.1. The van der Waals surface area contributed by atoms with Crippen molar-refractivity contribution in [3.63, 3.8) is 0 Å². The number of para-hydroxylation sites is 1. The van der Waals surface area contributed by atoms with Gasteiger partial charge in [-0.15, -0.1) is 11.6 Å². The van der Waals surface area contributed by atoms with Crippen LogP contribution in [0, 0.1) is 0 Å². The topological polar surface area (TPSA) is 136 Å². The molecule has 2 aliphatic heterocycles. The highest BCUT2D eigenvalue weighted by Gasteiger charge is 2.55. The Labute approximate surface area is 214 Å². The molecule has 1 aromatic rings. The maximum Gasteiger partial charge on any atom is 0.459 e. The van der Waals surface area contributed by atoms with Gasteiger partial charge in [0, 0.05) is 12.3 Å². The molecule has 0 aliphatic carbocycles. The maximum atomic E-state index is 13.7. The molecule has 3 rings (SSSR count). The second-order valence-corrected chi connectivity index (χ2v) is 11.3. The predicted molar refractivity (Wildman–Crippen MR) is 132 cm³/mol. The minimum atomic E-state index is -4.17. The molecule has 36 heavy (non-hydrogen) atoms.